The molecule has 3 nitrogen and oxygen atoms in total. The van der Waals surface area contributed by atoms with Gasteiger partial charge in [0, 0.05) is 18.6 Å². The molecule has 0 aromatic rings. The molecule has 2 N–H and O–H groups in total. The minimum absolute atomic E-state index is 0.250. The van der Waals surface area contributed by atoms with E-state index in [9.17, 15) is 0 Å². The first kappa shape index (κ1) is 16.3. The van der Waals surface area contributed by atoms with E-state index >= 15 is 0 Å². The van der Waals surface area contributed by atoms with Crippen LogP contribution in [0.1, 0.15) is 52.9 Å². The zero-order valence-corrected chi connectivity index (χ0v) is 14.1. The Bertz CT molecular complexity index is 310. The Balaban J connectivity index is 2.04. The number of likely N-dealkylation sites (N-methyl/N-ethyl adjacent to an activating group) is 1. The van der Waals surface area contributed by atoms with Crippen LogP contribution in [0.2, 0.25) is 0 Å². The normalized spacial score (nSPS) is 35.0. The Morgan fingerprint density at radius 1 is 1.10 bits per heavy atom. The molecule has 0 aromatic heterocycles. The van der Waals surface area contributed by atoms with E-state index in [4.69, 9.17) is 5.73 Å². The highest BCUT2D eigenvalue weighted by molar-refractivity contribution is 4.98. The molecule has 3 heteroatoms. The third kappa shape index (κ3) is 3.55. The summed E-state index contributed by atoms with van der Waals surface area (Å²) in [6, 6.07) is 0. The largest absolute Gasteiger partial charge is 0.329 e. The molecule has 0 saturated carbocycles. The summed E-state index contributed by atoms with van der Waals surface area (Å²) in [7, 11) is 2.25. The van der Waals surface area contributed by atoms with Crippen molar-refractivity contribution in [1.29, 1.82) is 0 Å². The Hall–Kier alpha value is -0.120. The molecule has 2 unspecified atom stereocenters. The molecule has 0 aromatic carbocycles. The highest BCUT2D eigenvalue weighted by Gasteiger charge is 2.40. The Labute approximate surface area is 125 Å². The second kappa shape index (κ2) is 6.33. The lowest BCUT2D eigenvalue weighted by Gasteiger charge is -2.48. The Morgan fingerprint density at radius 2 is 1.85 bits per heavy atom. The van der Waals surface area contributed by atoms with Gasteiger partial charge in [-0.25, -0.2) is 0 Å². The van der Waals surface area contributed by atoms with Gasteiger partial charge in [-0.1, -0.05) is 20.8 Å². The molecular weight excluding hydrogens is 246 g/mol. The molecule has 2 rings (SSSR count). The van der Waals surface area contributed by atoms with Gasteiger partial charge in [0.1, 0.15) is 0 Å². The highest BCUT2D eigenvalue weighted by Crippen LogP contribution is 2.37. The molecule has 0 aliphatic carbocycles. The van der Waals surface area contributed by atoms with E-state index in [1.165, 1.54) is 51.7 Å². The zero-order valence-electron chi connectivity index (χ0n) is 14.1. The van der Waals surface area contributed by atoms with Crippen molar-refractivity contribution in [2.75, 3.05) is 39.8 Å². The molecule has 2 aliphatic heterocycles. The minimum atomic E-state index is 0.250. The summed E-state index contributed by atoms with van der Waals surface area (Å²) < 4.78 is 0. The summed E-state index contributed by atoms with van der Waals surface area (Å²) in [4.78, 5) is 5.22. The van der Waals surface area contributed by atoms with Crippen LogP contribution in [-0.4, -0.2) is 55.1 Å². The number of hydrogen-bond acceptors (Lipinski definition) is 3. The van der Waals surface area contributed by atoms with Crippen LogP contribution in [0.5, 0.6) is 0 Å². The van der Waals surface area contributed by atoms with Gasteiger partial charge in [0.05, 0.1) is 0 Å². The number of nitrogens with zero attached hydrogens (tertiary/aromatic N) is 2. The summed E-state index contributed by atoms with van der Waals surface area (Å²) >= 11 is 0. The van der Waals surface area contributed by atoms with E-state index in [1.807, 2.05) is 0 Å². The van der Waals surface area contributed by atoms with Crippen molar-refractivity contribution in [3.05, 3.63) is 0 Å². The summed E-state index contributed by atoms with van der Waals surface area (Å²) in [6.45, 7) is 12.9. The first-order valence-corrected chi connectivity index (χ1v) is 8.51. The van der Waals surface area contributed by atoms with E-state index in [0.717, 1.165) is 19.0 Å². The van der Waals surface area contributed by atoms with Gasteiger partial charge >= 0.3 is 0 Å². The fourth-order valence-corrected chi connectivity index (χ4v) is 4.33. The van der Waals surface area contributed by atoms with E-state index in [2.05, 4.69) is 37.6 Å². The van der Waals surface area contributed by atoms with E-state index in [0.29, 0.717) is 5.41 Å². The highest BCUT2D eigenvalue weighted by atomic mass is 15.3. The van der Waals surface area contributed by atoms with Gasteiger partial charge in [0.2, 0.25) is 0 Å². The first-order valence-electron chi connectivity index (χ1n) is 8.51. The maximum atomic E-state index is 6.23. The SMILES string of the molecule is CN1CCCC(CN)(N2CCCC(C(C)(C)C)CC2)C1. The van der Waals surface area contributed by atoms with Crippen LogP contribution >= 0.6 is 0 Å². The van der Waals surface area contributed by atoms with Gasteiger partial charge in [-0.05, 0) is 70.1 Å². The summed E-state index contributed by atoms with van der Waals surface area (Å²) in [6.07, 6.45) is 6.65. The van der Waals surface area contributed by atoms with Gasteiger partial charge in [0.15, 0.2) is 0 Å². The van der Waals surface area contributed by atoms with Crippen molar-refractivity contribution in [3.8, 4) is 0 Å². The zero-order chi connectivity index (χ0) is 14.8. The van der Waals surface area contributed by atoms with Crippen molar-refractivity contribution < 1.29 is 0 Å². The van der Waals surface area contributed by atoms with Crippen LogP contribution in [0.25, 0.3) is 0 Å². The van der Waals surface area contributed by atoms with Crippen LogP contribution in [0.15, 0.2) is 0 Å². The van der Waals surface area contributed by atoms with Crippen LogP contribution in [0.4, 0.5) is 0 Å². The van der Waals surface area contributed by atoms with Gasteiger partial charge in [-0.2, -0.15) is 0 Å². The average molecular weight is 281 g/mol. The summed E-state index contributed by atoms with van der Waals surface area (Å²) in [5.41, 5.74) is 6.94. The molecular formula is C17H35N3. The molecule has 2 saturated heterocycles. The molecule has 118 valence electrons. The monoisotopic (exact) mass is 281 g/mol. The molecule has 0 bridgehead atoms. The summed E-state index contributed by atoms with van der Waals surface area (Å²) in [5.74, 6) is 0.864. The van der Waals surface area contributed by atoms with E-state index < -0.39 is 0 Å². The van der Waals surface area contributed by atoms with Crippen molar-refractivity contribution in [3.63, 3.8) is 0 Å². The predicted octanol–water partition coefficient (Wildman–Crippen LogP) is 2.56. The third-order valence-electron chi connectivity index (χ3n) is 5.75. The molecule has 2 heterocycles. The molecule has 2 atom stereocenters. The molecule has 0 spiro atoms. The van der Waals surface area contributed by atoms with Crippen LogP contribution in [0.3, 0.4) is 0 Å². The van der Waals surface area contributed by atoms with Gasteiger partial charge in [-0.15, -0.1) is 0 Å². The number of piperidine rings is 1. The third-order valence-corrected chi connectivity index (χ3v) is 5.75. The maximum absolute atomic E-state index is 6.23. The lowest BCUT2D eigenvalue weighted by Crippen LogP contribution is -2.62. The van der Waals surface area contributed by atoms with Crippen LogP contribution < -0.4 is 5.73 Å². The Kier molecular flexibility index (Phi) is 5.14. The predicted molar refractivity (Wildman–Crippen MR) is 86.9 cm³/mol. The number of rotatable bonds is 2. The summed E-state index contributed by atoms with van der Waals surface area (Å²) in [5, 5.41) is 0. The molecule has 0 radical (unpaired) electrons. The second-order valence-corrected chi connectivity index (χ2v) is 8.25. The van der Waals surface area contributed by atoms with Gasteiger partial charge in [-0.3, -0.25) is 4.90 Å². The average Bonchev–Trinajstić information content (AvgIpc) is 2.64. The lowest BCUT2D eigenvalue weighted by molar-refractivity contribution is 0.0262. The van der Waals surface area contributed by atoms with Crippen LogP contribution in [0, 0.1) is 11.3 Å². The quantitative estimate of drug-likeness (QED) is 0.844. The fraction of sp³-hybridized carbons (Fsp3) is 1.00. The standard InChI is InChI=1S/C17H35N3/c1-16(2,3)15-7-5-11-20(12-8-15)17(13-18)9-6-10-19(4)14-17/h15H,5-14,18H2,1-4H3. The molecule has 2 fully saturated rings. The first-order chi connectivity index (χ1) is 9.37. The molecule has 20 heavy (non-hydrogen) atoms. The minimum Gasteiger partial charge on any atom is -0.329 e. The van der Waals surface area contributed by atoms with Crippen molar-refractivity contribution in [2.45, 2.75) is 58.4 Å². The Morgan fingerprint density at radius 3 is 2.45 bits per heavy atom. The van der Waals surface area contributed by atoms with E-state index in [1.54, 1.807) is 0 Å². The van der Waals surface area contributed by atoms with Gasteiger partial charge in [0.25, 0.3) is 0 Å². The topological polar surface area (TPSA) is 32.5 Å². The van der Waals surface area contributed by atoms with Crippen molar-refractivity contribution in [2.24, 2.45) is 17.1 Å². The van der Waals surface area contributed by atoms with Crippen molar-refractivity contribution >= 4 is 0 Å². The number of hydrogen-bond donors (Lipinski definition) is 1. The van der Waals surface area contributed by atoms with E-state index in [-0.39, 0.29) is 5.54 Å². The fourth-order valence-electron chi connectivity index (χ4n) is 4.33. The molecule has 0 amide bonds. The van der Waals surface area contributed by atoms with Crippen molar-refractivity contribution in [1.82, 2.24) is 9.80 Å². The molecule has 2 aliphatic rings. The maximum Gasteiger partial charge on any atom is 0.0458 e. The number of likely N-dealkylation sites (tertiary alicyclic amines) is 2. The second-order valence-electron chi connectivity index (χ2n) is 8.25. The van der Waals surface area contributed by atoms with Crippen LogP contribution in [-0.2, 0) is 0 Å². The number of nitrogens with two attached hydrogens (primary N) is 1. The smallest absolute Gasteiger partial charge is 0.0458 e. The lowest BCUT2D eigenvalue weighted by atomic mass is 9.76. The van der Waals surface area contributed by atoms with Gasteiger partial charge < -0.3 is 10.6 Å².